The number of aliphatic hydroxyl groups is 2. The molecule has 1 rings (SSSR count). The van der Waals surface area contributed by atoms with Crippen LogP contribution in [0.2, 0.25) is 0 Å². The van der Waals surface area contributed by atoms with Crippen LogP contribution in [0.3, 0.4) is 0 Å². The Morgan fingerprint density at radius 3 is 1.53 bits per heavy atom. The zero-order valence-corrected chi connectivity index (χ0v) is 11.8. The highest BCUT2D eigenvalue weighted by atomic mass is 16.5. The van der Waals surface area contributed by atoms with Gasteiger partial charge in [-0.25, -0.2) is 0 Å². The lowest BCUT2D eigenvalue weighted by molar-refractivity contribution is 0.0650. The van der Waals surface area contributed by atoms with Crippen LogP contribution in [0, 0.1) is 0 Å². The quantitative estimate of drug-likeness (QED) is 0.684. The van der Waals surface area contributed by atoms with Crippen molar-refractivity contribution in [3.8, 4) is 5.75 Å². The number of rotatable bonds is 6. The number of aromatic hydroxyl groups is 1. The van der Waals surface area contributed by atoms with Gasteiger partial charge < -0.3 is 24.8 Å². The van der Waals surface area contributed by atoms with Gasteiger partial charge in [0.2, 0.25) is 0 Å². The lowest BCUT2D eigenvalue weighted by atomic mass is 10.3. The molecule has 3 N–H and O–H groups in total. The number of ether oxygens (including phenoxy) is 2. The molecule has 0 heterocycles. The van der Waals surface area contributed by atoms with Crippen LogP contribution in [-0.2, 0) is 9.47 Å². The maximum absolute atomic E-state index is 8.63. The lowest BCUT2D eigenvalue weighted by Gasteiger charge is -1.94. The van der Waals surface area contributed by atoms with Crippen molar-refractivity contribution in [1.82, 2.24) is 0 Å². The largest absolute Gasteiger partial charge is 0.508 e. The van der Waals surface area contributed by atoms with E-state index in [1.807, 2.05) is 19.9 Å². The highest BCUT2D eigenvalue weighted by molar-refractivity contribution is 5.18. The van der Waals surface area contributed by atoms with Crippen molar-refractivity contribution in [2.45, 2.75) is 13.8 Å². The van der Waals surface area contributed by atoms with Gasteiger partial charge in [-0.05, 0) is 26.0 Å². The molecule has 0 saturated carbocycles. The summed E-state index contributed by atoms with van der Waals surface area (Å²) in [5.41, 5.74) is 0. The molecule has 0 saturated heterocycles. The molecule has 0 aliphatic carbocycles. The molecule has 0 bridgehead atoms. The standard InChI is InChI=1S/C6H6O.C4H10O3.C4H10O/c7-6-4-2-1-3-5-6;5-1-3-7-4-2-6;1-3-5-4-2/h1-5,7H;5-6H,1-4H2;3-4H2,1-2H3. The highest BCUT2D eigenvalue weighted by Gasteiger charge is 1.79. The number of phenols is 1. The second-order valence-corrected chi connectivity index (χ2v) is 3.18. The van der Waals surface area contributed by atoms with Gasteiger partial charge in [0.1, 0.15) is 5.75 Å². The Morgan fingerprint density at radius 1 is 0.842 bits per heavy atom. The van der Waals surface area contributed by atoms with Gasteiger partial charge in [0.15, 0.2) is 0 Å². The summed E-state index contributed by atoms with van der Waals surface area (Å²) < 4.78 is 9.47. The minimum atomic E-state index is 0.0278. The van der Waals surface area contributed by atoms with Gasteiger partial charge in [-0.15, -0.1) is 0 Å². The van der Waals surface area contributed by atoms with E-state index >= 15 is 0 Å². The summed E-state index contributed by atoms with van der Waals surface area (Å²) in [7, 11) is 0. The number of phenolic OH excluding ortho intramolecular Hbond substituents is 1. The summed E-state index contributed by atoms with van der Waals surface area (Å²) in [4.78, 5) is 0. The van der Waals surface area contributed by atoms with Gasteiger partial charge in [-0.1, -0.05) is 18.2 Å². The van der Waals surface area contributed by atoms with E-state index < -0.39 is 0 Å². The van der Waals surface area contributed by atoms with Crippen molar-refractivity contribution in [2.75, 3.05) is 39.6 Å². The van der Waals surface area contributed by atoms with E-state index in [0.29, 0.717) is 19.0 Å². The zero-order valence-electron chi connectivity index (χ0n) is 11.8. The van der Waals surface area contributed by atoms with E-state index in [0.717, 1.165) is 13.2 Å². The van der Waals surface area contributed by atoms with Crippen molar-refractivity contribution in [1.29, 1.82) is 0 Å². The minimum absolute atomic E-state index is 0.0278. The summed E-state index contributed by atoms with van der Waals surface area (Å²) in [6, 6.07) is 8.71. The van der Waals surface area contributed by atoms with Crippen LogP contribution in [0.25, 0.3) is 0 Å². The van der Waals surface area contributed by atoms with Gasteiger partial charge in [0.25, 0.3) is 0 Å². The SMILES string of the molecule is CCOCC.OCCOCCO.Oc1ccccc1. The molecule has 0 radical (unpaired) electrons. The molecule has 0 unspecified atom stereocenters. The Hall–Kier alpha value is -1.14. The van der Waals surface area contributed by atoms with E-state index in [9.17, 15) is 0 Å². The normalized spacial score (nSPS) is 8.84. The number of benzene rings is 1. The lowest BCUT2D eigenvalue weighted by Crippen LogP contribution is -2.03. The van der Waals surface area contributed by atoms with Gasteiger partial charge >= 0.3 is 0 Å². The van der Waals surface area contributed by atoms with E-state index in [1.54, 1.807) is 24.3 Å². The van der Waals surface area contributed by atoms with Gasteiger partial charge in [0.05, 0.1) is 26.4 Å². The molecule has 1 aromatic rings. The molecule has 0 fully saturated rings. The number of para-hydroxylation sites is 1. The third-order valence-electron chi connectivity index (χ3n) is 1.64. The fraction of sp³-hybridized carbons (Fsp3) is 0.571. The molecule has 0 aliphatic heterocycles. The van der Waals surface area contributed by atoms with Gasteiger partial charge in [0, 0.05) is 13.2 Å². The Bertz CT molecular complexity index is 235. The van der Waals surface area contributed by atoms with Gasteiger partial charge in [-0.2, -0.15) is 0 Å². The van der Waals surface area contributed by atoms with Crippen LogP contribution >= 0.6 is 0 Å². The molecule has 0 aromatic heterocycles. The van der Waals surface area contributed by atoms with Gasteiger partial charge in [-0.3, -0.25) is 0 Å². The monoisotopic (exact) mass is 274 g/mol. The van der Waals surface area contributed by atoms with Crippen molar-refractivity contribution < 1.29 is 24.8 Å². The maximum Gasteiger partial charge on any atom is 0.115 e. The number of hydrogen-bond acceptors (Lipinski definition) is 5. The van der Waals surface area contributed by atoms with Crippen LogP contribution in [0.5, 0.6) is 5.75 Å². The second-order valence-electron chi connectivity index (χ2n) is 3.18. The molecule has 5 nitrogen and oxygen atoms in total. The fourth-order valence-electron chi connectivity index (χ4n) is 0.863. The fourth-order valence-corrected chi connectivity index (χ4v) is 0.863. The summed E-state index contributed by atoms with van der Waals surface area (Å²) in [6.45, 7) is 6.36. The topological polar surface area (TPSA) is 79.2 Å². The van der Waals surface area contributed by atoms with Crippen molar-refractivity contribution in [2.24, 2.45) is 0 Å². The predicted octanol–water partition coefficient (Wildman–Crippen LogP) is 1.42. The number of aliphatic hydroxyl groups excluding tert-OH is 2. The molecule has 19 heavy (non-hydrogen) atoms. The first-order valence-corrected chi connectivity index (χ1v) is 6.34. The van der Waals surface area contributed by atoms with Crippen molar-refractivity contribution in [3.63, 3.8) is 0 Å². The second kappa shape index (κ2) is 19.2. The minimum Gasteiger partial charge on any atom is -0.508 e. The first-order chi connectivity index (χ1) is 9.22. The highest BCUT2D eigenvalue weighted by Crippen LogP contribution is 2.02. The number of hydrogen-bond donors (Lipinski definition) is 3. The molecule has 0 aliphatic rings. The molecular formula is C14H26O5. The van der Waals surface area contributed by atoms with Crippen LogP contribution in [0.15, 0.2) is 30.3 Å². The summed E-state index contributed by atoms with van der Waals surface area (Å²) in [5, 5.41) is 24.8. The van der Waals surface area contributed by atoms with Crippen LogP contribution < -0.4 is 0 Å². The Morgan fingerprint density at radius 2 is 1.32 bits per heavy atom. The predicted molar refractivity (Wildman–Crippen MR) is 75.3 cm³/mol. The van der Waals surface area contributed by atoms with Crippen LogP contribution in [0.4, 0.5) is 0 Å². The average Bonchev–Trinajstić information content (AvgIpc) is 2.43. The maximum atomic E-state index is 8.63. The molecule has 5 heteroatoms. The summed E-state index contributed by atoms with van der Waals surface area (Å²) in [6.07, 6.45) is 0. The smallest absolute Gasteiger partial charge is 0.115 e. The molecule has 0 atom stereocenters. The Labute approximate surface area is 115 Å². The molecule has 0 amide bonds. The molecule has 112 valence electrons. The van der Waals surface area contributed by atoms with E-state index in [4.69, 9.17) is 20.1 Å². The summed E-state index contributed by atoms with van der Waals surface area (Å²) >= 11 is 0. The van der Waals surface area contributed by atoms with Crippen LogP contribution in [0.1, 0.15) is 13.8 Å². The molecule has 1 aromatic carbocycles. The first kappa shape index (κ1) is 20.2. The van der Waals surface area contributed by atoms with E-state index in [2.05, 4.69) is 4.74 Å². The third-order valence-corrected chi connectivity index (χ3v) is 1.64. The Balaban J connectivity index is 0. The van der Waals surface area contributed by atoms with Crippen LogP contribution in [-0.4, -0.2) is 55.0 Å². The third kappa shape index (κ3) is 22.5. The first-order valence-electron chi connectivity index (χ1n) is 6.34. The average molecular weight is 274 g/mol. The molecule has 0 spiro atoms. The van der Waals surface area contributed by atoms with Crippen molar-refractivity contribution in [3.05, 3.63) is 30.3 Å². The van der Waals surface area contributed by atoms with Crippen molar-refractivity contribution >= 4 is 0 Å². The van der Waals surface area contributed by atoms with E-state index in [-0.39, 0.29) is 13.2 Å². The Kier molecular flexibility index (Phi) is 20.4. The molecular weight excluding hydrogens is 248 g/mol. The summed E-state index contributed by atoms with van der Waals surface area (Å²) in [5.74, 6) is 0.322. The zero-order chi connectivity index (χ0) is 14.8. The van der Waals surface area contributed by atoms with E-state index in [1.165, 1.54) is 0 Å².